The van der Waals surface area contributed by atoms with Crippen LogP contribution in [0.2, 0.25) is 0 Å². The molecule has 24 heavy (non-hydrogen) atoms. The minimum atomic E-state index is -0.383. The molecule has 0 atom stereocenters. The number of nitrogens with zero attached hydrogens (tertiary/aromatic N) is 3. The predicted molar refractivity (Wildman–Crippen MR) is 92.8 cm³/mol. The molecule has 5 nitrogen and oxygen atoms in total. The van der Waals surface area contributed by atoms with Crippen LogP contribution in [0.15, 0.2) is 53.8 Å². The minimum Gasteiger partial charge on any atom is -0.494 e. The highest BCUT2D eigenvalue weighted by atomic mass is 19.1. The molecule has 0 radical (unpaired) electrons. The molecular weight excluding hydrogens is 307 g/mol. The Morgan fingerprint density at radius 3 is 2.46 bits per heavy atom. The maximum Gasteiger partial charge on any atom is 0.221 e. The van der Waals surface area contributed by atoms with E-state index in [-0.39, 0.29) is 11.6 Å². The Labute approximate surface area is 139 Å². The number of imidazole rings is 1. The van der Waals surface area contributed by atoms with E-state index < -0.39 is 0 Å². The molecular formula is C18H17FN4O. The molecule has 0 amide bonds. The summed E-state index contributed by atoms with van der Waals surface area (Å²) in [5.74, 6) is 0.191. The quantitative estimate of drug-likeness (QED) is 0.747. The number of methoxy groups -OCH3 is 1. The number of benzene rings is 2. The van der Waals surface area contributed by atoms with E-state index >= 15 is 0 Å². The first-order valence-electron chi connectivity index (χ1n) is 7.36. The van der Waals surface area contributed by atoms with Crippen molar-refractivity contribution in [1.29, 1.82) is 0 Å². The molecule has 2 aromatic carbocycles. The molecule has 3 aromatic rings. The summed E-state index contributed by atoms with van der Waals surface area (Å²) in [6, 6.07) is 12.5. The highest BCUT2D eigenvalue weighted by Crippen LogP contribution is 2.25. The molecule has 0 bridgehead atoms. The van der Waals surface area contributed by atoms with Crippen molar-refractivity contribution >= 4 is 12.2 Å². The number of hydrogen-bond donors (Lipinski definition) is 1. The zero-order valence-electron chi connectivity index (χ0n) is 13.4. The molecule has 0 saturated carbocycles. The van der Waals surface area contributed by atoms with Crippen LogP contribution in [-0.4, -0.2) is 23.0 Å². The predicted octanol–water partition coefficient (Wildman–Crippen LogP) is 3.47. The van der Waals surface area contributed by atoms with Crippen molar-refractivity contribution in [2.75, 3.05) is 12.8 Å². The molecule has 0 aliphatic rings. The second-order valence-corrected chi connectivity index (χ2v) is 5.30. The molecule has 122 valence electrons. The summed E-state index contributed by atoms with van der Waals surface area (Å²) >= 11 is 0. The zero-order chi connectivity index (χ0) is 17.1. The molecule has 0 unspecified atom stereocenters. The summed E-state index contributed by atoms with van der Waals surface area (Å²) in [5.41, 5.74) is 9.14. The van der Waals surface area contributed by atoms with Gasteiger partial charge in [0, 0.05) is 0 Å². The van der Waals surface area contributed by atoms with Crippen molar-refractivity contribution < 1.29 is 9.13 Å². The van der Waals surface area contributed by atoms with Crippen LogP contribution < -0.4 is 10.5 Å². The van der Waals surface area contributed by atoms with Gasteiger partial charge in [-0.3, -0.25) is 0 Å². The van der Waals surface area contributed by atoms with Crippen molar-refractivity contribution in [2.24, 2.45) is 5.10 Å². The van der Waals surface area contributed by atoms with E-state index in [1.165, 1.54) is 17.9 Å². The highest BCUT2D eigenvalue weighted by molar-refractivity contribution is 5.81. The summed E-state index contributed by atoms with van der Waals surface area (Å²) in [5, 5.41) is 4.26. The largest absolute Gasteiger partial charge is 0.494 e. The molecule has 1 heterocycles. The third-order valence-corrected chi connectivity index (χ3v) is 3.56. The Kier molecular flexibility index (Phi) is 4.29. The van der Waals surface area contributed by atoms with Gasteiger partial charge in [0.05, 0.1) is 25.2 Å². The topological polar surface area (TPSA) is 65.4 Å². The van der Waals surface area contributed by atoms with E-state index in [1.54, 1.807) is 18.5 Å². The lowest BCUT2D eigenvalue weighted by Crippen LogP contribution is -1.96. The number of rotatable bonds is 4. The van der Waals surface area contributed by atoms with Crippen LogP contribution in [0, 0.1) is 12.7 Å². The Hall–Kier alpha value is -3.15. The van der Waals surface area contributed by atoms with Crippen LogP contribution in [0.3, 0.4) is 0 Å². The van der Waals surface area contributed by atoms with E-state index in [2.05, 4.69) is 10.1 Å². The first-order chi connectivity index (χ1) is 11.6. The normalized spacial score (nSPS) is 11.1. The number of halogens is 1. The number of ether oxygens (including phenoxy) is 1. The van der Waals surface area contributed by atoms with E-state index in [1.807, 2.05) is 37.3 Å². The number of nitrogen functional groups attached to an aromatic ring is 1. The van der Waals surface area contributed by atoms with Gasteiger partial charge in [-0.2, -0.15) is 5.10 Å². The molecule has 0 spiro atoms. The zero-order valence-corrected chi connectivity index (χ0v) is 13.4. The average Bonchev–Trinajstić information content (AvgIpc) is 2.91. The van der Waals surface area contributed by atoms with Crippen molar-refractivity contribution in [2.45, 2.75) is 6.92 Å². The minimum absolute atomic E-state index is 0.232. The van der Waals surface area contributed by atoms with E-state index in [9.17, 15) is 4.39 Å². The molecule has 0 aliphatic carbocycles. The lowest BCUT2D eigenvalue weighted by atomic mass is 10.0. The summed E-state index contributed by atoms with van der Waals surface area (Å²) < 4.78 is 20.2. The average molecular weight is 324 g/mol. The molecule has 3 rings (SSSR count). The van der Waals surface area contributed by atoms with E-state index in [0.717, 1.165) is 22.4 Å². The second kappa shape index (κ2) is 6.54. The van der Waals surface area contributed by atoms with Crippen molar-refractivity contribution in [3.05, 3.63) is 65.7 Å². The Balaban J connectivity index is 1.80. The number of hydrogen-bond acceptors (Lipinski definition) is 4. The lowest BCUT2D eigenvalue weighted by Gasteiger charge is -2.06. The fourth-order valence-corrected chi connectivity index (χ4v) is 2.33. The van der Waals surface area contributed by atoms with Gasteiger partial charge < -0.3 is 10.5 Å². The fraction of sp³-hybridized carbons (Fsp3) is 0.111. The monoisotopic (exact) mass is 324 g/mol. The molecule has 0 saturated heterocycles. The van der Waals surface area contributed by atoms with Gasteiger partial charge in [-0.15, -0.1) is 0 Å². The van der Waals surface area contributed by atoms with Crippen molar-refractivity contribution in [3.63, 3.8) is 0 Å². The number of aromatic nitrogens is 2. The maximum absolute atomic E-state index is 13.8. The summed E-state index contributed by atoms with van der Waals surface area (Å²) in [7, 11) is 1.45. The van der Waals surface area contributed by atoms with Gasteiger partial charge in [0.25, 0.3) is 0 Å². The van der Waals surface area contributed by atoms with Crippen LogP contribution in [0.4, 0.5) is 10.3 Å². The SMILES string of the molecule is COc1ccc(-c2ccc(C=Nn3cc(C)nc3N)cc2)cc1F. The Morgan fingerprint density at radius 2 is 1.88 bits per heavy atom. The van der Waals surface area contributed by atoms with Gasteiger partial charge >= 0.3 is 0 Å². The lowest BCUT2D eigenvalue weighted by molar-refractivity contribution is 0.386. The highest BCUT2D eigenvalue weighted by Gasteiger charge is 2.05. The van der Waals surface area contributed by atoms with Gasteiger partial charge in [0.1, 0.15) is 0 Å². The molecule has 1 aromatic heterocycles. The Morgan fingerprint density at radius 1 is 1.17 bits per heavy atom. The summed E-state index contributed by atoms with van der Waals surface area (Å²) in [4.78, 5) is 4.08. The first-order valence-corrected chi connectivity index (χ1v) is 7.36. The first kappa shape index (κ1) is 15.7. The van der Waals surface area contributed by atoms with Gasteiger partial charge in [-0.1, -0.05) is 30.3 Å². The van der Waals surface area contributed by atoms with Crippen LogP contribution in [0.1, 0.15) is 11.3 Å². The summed E-state index contributed by atoms with van der Waals surface area (Å²) in [6.07, 6.45) is 3.44. The summed E-state index contributed by atoms with van der Waals surface area (Å²) in [6.45, 7) is 1.85. The molecule has 0 fully saturated rings. The fourth-order valence-electron chi connectivity index (χ4n) is 2.33. The van der Waals surface area contributed by atoms with Crippen molar-refractivity contribution in [3.8, 4) is 16.9 Å². The second-order valence-electron chi connectivity index (χ2n) is 5.30. The third-order valence-electron chi connectivity index (χ3n) is 3.56. The van der Waals surface area contributed by atoms with Crippen molar-refractivity contribution in [1.82, 2.24) is 9.66 Å². The smallest absolute Gasteiger partial charge is 0.221 e. The van der Waals surface area contributed by atoms with Gasteiger partial charge in [0.2, 0.25) is 5.95 Å². The maximum atomic E-state index is 13.8. The van der Waals surface area contributed by atoms with Crippen LogP contribution in [-0.2, 0) is 0 Å². The van der Waals surface area contributed by atoms with E-state index in [0.29, 0.717) is 5.95 Å². The number of nitrogens with two attached hydrogens (primary N) is 1. The Bertz CT molecular complexity index is 885. The van der Waals surface area contributed by atoms with Gasteiger partial charge in [-0.05, 0) is 35.7 Å². The number of aryl methyl sites for hydroxylation is 1. The molecule has 0 aliphatic heterocycles. The van der Waals surface area contributed by atoms with Crippen LogP contribution in [0.25, 0.3) is 11.1 Å². The third kappa shape index (κ3) is 3.27. The molecule has 6 heteroatoms. The standard InChI is InChI=1S/C18H17FN4O/c1-12-11-23(18(20)22-12)21-10-13-3-5-14(6-4-13)15-7-8-17(24-2)16(19)9-15/h3-11H,1-2H3,(H2,20,22). The number of anilines is 1. The van der Waals surface area contributed by atoms with Crippen LogP contribution in [0.5, 0.6) is 5.75 Å². The molecule has 2 N–H and O–H groups in total. The van der Waals surface area contributed by atoms with E-state index in [4.69, 9.17) is 10.5 Å². The van der Waals surface area contributed by atoms with Gasteiger partial charge in [0.15, 0.2) is 11.6 Å². The van der Waals surface area contributed by atoms with Crippen LogP contribution >= 0.6 is 0 Å². The van der Waals surface area contributed by atoms with Gasteiger partial charge in [-0.25, -0.2) is 14.1 Å².